The fraction of sp³-hybridized carbons (Fsp3) is 0.375. The Bertz CT molecular complexity index is 715. The number of aliphatic imine (C=N–C) groups is 1. The fourth-order valence-electron chi connectivity index (χ4n) is 2.02. The maximum atomic E-state index is 12.9. The second-order valence-electron chi connectivity index (χ2n) is 5.06. The standard InChI is InChI=1S/C16H19F3N4OS/c1-11-9-22-14(25-11)10-23-15(20-2)21-7-8-24-13-6-4-3-5-12(13)16(17,18)19/h3-6,9H,7-8,10H2,1-2H3,(H2,20,21,23). The summed E-state index contributed by atoms with van der Waals surface area (Å²) in [6.07, 6.45) is -2.64. The van der Waals surface area contributed by atoms with Crippen molar-refractivity contribution in [2.24, 2.45) is 4.99 Å². The molecular formula is C16H19F3N4OS. The van der Waals surface area contributed by atoms with Gasteiger partial charge in [-0.15, -0.1) is 11.3 Å². The molecule has 1 aromatic carbocycles. The number of benzene rings is 1. The molecule has 0 saturated carbocycles. The third-order valence-electron chi connectivity index (χ3n) is 3.14. The van der Waals surface area contributed by atoms with E-state index in [-0.39, 0.29) is 12.4 Å². The first-order valence-electron chi connectivity index (χ1n) is 7.55. The molecule has 0 saturated heterocycles. The first kappa shape index (κ1) is 19.0. The van der Waals surface area contributed by atoms with Crippen LogP contribution in [0.15, 0.2) is 35.5 Å². The van der Waals surface area contributed by atoms with Crippen LogP contribution >= 0.6 is 11.3 Å². The lowest BCUT2D eigenvalue weighted by molar-refractivity contribution is -0.138. The molecule has 0 amide bonds. The minimum atomic E-state index is -4.44. The summed E-state index contributed by atoms with van der Waals surface area (Å²) in [6, 6.07) is 5.15. The van der Waals surface area contributed by atoms with Gasteiger partial charge in [0.1, 0.15) is 17.4 Å². The quantitative estimate of drug-likeness (QED) is 0.464. The molecule has 5 nitrogen and oxygen atoms in total. The van der Waals surface area contributed by atoms with Crippen molar-refractivity contribution in [2.75, 3.05) is 20.2 Å². The van der Waals surface area contributed by atoms with Crippen molar-refractivity contribution in [2.45, 2.75) is 19.6 Å². The van der Waals surface area contributed by atoms with Gasteiger partial charge in [0.15, 0.2) is 5.96 Å². The van der Waals surface area contributed by atoms with Crippen LogP contribution in [0.3, 0.4) is 0 Å². The zero-order valence-corrected chi connectivity index (χ0v) is 14.7. The van der Waals surface area contributed by atoms with Crippen molar-refractivity contribution in [1.82, 2.24) is 15.6 Å². The van der Waals surface area contributed by atoms with Crippen LogP contribution in [0.1, 0.15) is 15.4 Å². The van der Waals surface area contributed by atoms with E-state index in [0.717, 1.165) is 16.0 Å². The lowest BCUT2D eigenvalue weighted by Gasteiger charge is -2.15. The number of rotatable bonds is 6. The Hall–Kier alpha value is -2.29. The lowest BCUT2D eigenvalue weighted by Crippen LogP contribution is -2.38. The maximum Gasteiger partial charge on any atom is 0.419 e. The van der Waals surface area contributed by atoms with E-state index >= 15 is 0 Å². The zero-order valence-electron chi connectivity index (χ0n) is 13.9. The molecule has 0 aliphatic carbocycles. The lowest BCUT2D eigenvalue weighted by atomic mass is 10.2. The molecule has 1 aromatic heterocycles. The van der Waals surface area contributed by atoms with Crippen molar-refractivity contribution in [1.29, 1.82) is 0 Å². The maximum absolute atomic E-state index is 12.9. The van der Waals surface area contributed by atoms with Crippen LogP contribution in [0, 0.1) is 6.92 Å². The third-order valence-corrected chi connectivity index (χ3v) is 4.06. The number of alkyl halides is 3. The van der Waals surface area contributed by atoms with E-state index in [4.69, 9.17) is 4.74 Å². The molecule has 9 heteroatoms. The molecule has 0 aliphatic heterocycles. The molecule has 2 N–H and O–H groups in total. The van der Waals surface area contributed by atoms with Crippen LogP contribution in [0.4, 0.5) is 13.2 Å². The minimum absolute atomic E-state index is 0.0736. The Morgan fingerprint density at radius 2 is 2.04 bits per heavy atom. The van der Waals surface area contributed by atoms with Gasteiger partial charge in [0.25, 0.3) is 0 Å². The summed E-state index contributed by atoms with van der Waals surface area (Å²) in [5.74, 6) is 0.346. The van der Waals surface area contributed by atoms with Crippen molar-refractivity contribution in [3.05, 3.63) is 45.9 Å². The van der Waals surface area contributed by atoms with Crippen LogP contribution in [0.5, 0.6) is 5.75 Å². The molecule has 1 heterocycles. The summed E-state index contributed by atoms with van der Waals surface area (Å²) in [5, 5.41) is 7.00. The highest BCUT2D eigenvalue weighted by molar-refractivity contribution is 7.11. The zero-order chi connectivity index (χ0) is 18.3. The fourth-order valence-corrected chi connectivity index (χ4v) is 2.75. The predicted octanol–water partition coefficient (Wildman–Crippen LogP) is 3.21. The second kappa shape index (κ2) is 8.70. The molecule has 2 aromatic rings. The number of aryl methyl sites for hydroxylation is 1. The van der Waals surface area contributed by atoms with Crippen LogP contribution in [-0.2, 0) is 12.7 Å². The van der Waals surface area contributed by atoms with Gasteiger partial charge >= 0.3 is 6.18 Å². The van der Waals surface area contributed by atoms with E-state index in [1.54, 1.807) is 24.6 Å². The summed E-state index contributed by atoms with van der Waals surface area (Å²) >= 11 is 1.58. The van der Waals surface area contributed by atoms with Gasteiger partial charge in [-0.1, -0.05) is 12.1 Å². The smallest absolute Gasteiger partial charge is 0.419 e. The Kier molecular flexibility index (Phi) is 6.63. The van der Waals surface area contributed by atoms with E-state index in [1.807, 2.05) is 6.92 Å². The molecule has 0 spiro atoms. The van der Waals surface area contributed by atoms with E-state index in [1.165, 1.54) is 18.2 Å². The van der Waals surface area contributed by atoms with Gasteiger partial charge in [0, 0.05) is 18.1 Å². The second-order valence-corrected chi connectivity index (χ2v) is 6.38. The number of nitrogens with zero attached hydrogens (tertiary/aromatic N) is 2. The summed E-state index contributed by atoms with van der Waals surface area (Å²) in [6.45, 7) is 2.88. The molecule has 0 atom stereocenters. The number of ether oxygens (including phenoxy) is 1. The first-order chi connectivity index (χ1) is 11.9. The number of hydrogen-bond donors (Lipinski definition) is 2. The van der Waals surface area contributed by atoms with Gasteiger partial charge in [-0.2, -0.15) is 13.2 Å². The number of aromatic nitrogens is 1. The van der Waals surface area contributed by atoms with Crippen LogP contribution in [0.2, 0.25) is 0 Å². The van der Waals surface area contributed by atoms with Gasteiger partial charge in [-0.3, -0.25) is 4.99 Å². The molecule has 0 aliphatic rings. The van der Waals surface area contributed by atoms with Crippen molar-refractivity contribution >= 4 is 17.3 Å². The first-order valence-corrected chi connectivity index (χ1v) is 8.36. The molecule has 0 unspecified atom stereocenters. The summed E-state index contributed by atoms with van der Waals surface area (Å²) in [5.41, 5.74) is -0.781. The summed E-state index contributed by atoms with van der Waals surface area (Å²) in [4.78, 5) is 9.40. The Balaban J connectivity index is 1.78. The molecule has 25 heavy (non-hydrogen) atoms. The molecule has 136 valence electrons. The SMILES string of the molecule is CN=C(NCCOc1ccccc1C(F)(F)F)NCc1ncc(C)s1. The Morgan fingerprint density at radius 3 is 2.68 bits per heavy atom. The average Bonchev–Trinajstić information content (AvgIpc) is 2.99. The number of hydrogen-bond acceptors (Lipinski definition) is 4. The van der Waals surface area contributed by atoms with Gasteiger partial charge < -0.3 is 15.4 Å². The van der Waals surface area contributed by atoms with Crippen LogP contribution < -0.4 is 15.4 Å². The Labute approximate surface area is 148 Å². The molecular weight excluding hydrogens is 353 g/mol. The highest BCUT2D eigenvalue weighted by Gasteiger charge is 2.33. The van der Waals surface area contributed by atoms with Crippen molar-refractivity contribution in [3.8, 4) is 5.75 Å². The van der Waals surface area contributed by atoms with Gasteiger partial charge in [-0.05, 0) is 19.1 Å². The number of nitrogens with one attached hydrogen (secondary N) is 2. The van der Waals surface area contributed by atoms with Gasteiger partial charge in [-0.25, -0.2) is 4.98 Å². The van der Waals surface area contributed by atoms with Gasteiger partial charge in [0.05, 0.1) is 18.7 Å². The summed E-state index contributed by atoms with van der Waals surface area (Å²) < 4.78 is 43.9. The molecule has 0 bridgehead atoms. The van der Waals surface area contributed by atoms with E-state index in [9.17, 15) is 13.2 Å². The number of guanidine groups is 1. The predicted molar refractivity (Wildman–Crippen MR) is 92.0 cm³/mol. The van der Waals surface area contributed by atoms with E-state index in [0.29, 0.717) is 19.0 Å². The third kappa shape index (κ3) is 5.93. The van der Waals surface area contributed by atoms with E-state index in [2.05, 4.69) is 20.6 Å². The minimum Gasteiger partial charge on any atom is -0.491 e. The number of para-hydroxylation sites is 1. The van der Waals surface area contributed by atoms with Gasteiger partial charge in [0.2, 0.25) is 0 Å². The normalized spacial score (nSPS) is 12.1. The van der Waals surface area contributed by atoms with Crippen LogP contribution in [-0.4, -0.2) is 31.1 Å². The number of thiazole rings is 1. The highest BCUT2D eigenvalue weighted by atomic mass is 32.1. The summed E-state index contributed by atoms with van der Waals surface area (Å²) in [7, 11) is 1.61. The van der Waals surface area contributed by atoms with Crippen molar-refractivity contribution in [3.63, 3.8) is 0 Å². The average molecular weight is 372 g/mol. The topological polar surface area (TPSA) is 58.5 Å². The van der Waals surface area contributed by atoms with Crippen LogP contribution in [0.25, 0.3) is 0 Å². The monoisotopic (exact) mass is 372 g/mol. The highest BCUT2D eigenvalue weighted by Crippen LogP contribution is 2.35. The molecule has 0 fully saturated rings. The number of halogens is 3. The Morgan fingerprint density at radius 1 is 1.28 bits per heavy atom. The molecule has 2 rings (SSSR count). The largest absolute Gasteiger partial charge is 0.491 e. The van der Waals surface area contributed by atoms with Crippen molar-refractivity contribution < 1.29 is 17.9 Å². The molecule has 0 radical (unpaired) electrons. The van der Waals surface area contributed by atoms with E-state index < -0.39 is 11.7 Å².